The average molecular weight is 665 g/mol. The molecule has 1 aliphatic rings. The Morgan fingerprint density at radius 1 is 0.490 bits per heavy atom. The second kappa shape index (κ2) is 19.1. The third-order valence-electron chi connectivity index (χ3n) is 9.48. The SMILES string of the molecule is CC1=CC=CCC1.CCC(c1ccccc1)c1cccc2ccccc12.Cc1ccc(-c2ccc(C)cc2)cc1.Cc1cccc2ccccc12. The second-order valence-electron chi connectivity index (χ2n) is 13.4. The quantitative estimate of drug-likeness (QED) is 0.176. The van der Waals surface area contributed by atoms with Crippen LogP contribution in [0.5, 0.6) is 0 Å². The number of hydrogen-bond donors (Lipinski definition) is 0. The van der Waals surface area contributed by atoms with Gasteiger partial charge in [-0.1, -0.05) is 206 Å². The summed E-state index contributed by atoms with van der Waals surface area (Å²) < 4.78 is 0. The topological polar surface area (TPSA) is 0 Å². The van der Waals surface area contributed by atoms with Crippen molar-refractivity contribution in [2.75, 3.05) is 0 Å². The molecule has 1 unspecified atom stereocenters. The minimum Gasteiger partial charge on any atom is -0.0842 e. The molecule has 7 aromatic rings. The van der Waals surface area contributed by atoms with Gasteiger partial charge in [0, 0.05) is 5.92 Å². The van der Waals surface area contributed by atoms with E-state index in [-0.39, 0.29) is 0 Å². The third-order valence-corrected chi connectivity index (χ3v) is 9.48. The van der Waals surface area contributed by atoms with E-state index in [1.807, 2.05) is 0 Å². The fourth-order valence-corrected chi connectivity index (χ4v) is 6.48. The van der Waals surface area contributed by atoms with Crippen molar-refractivity contribution in [3.8, 4) is 11.1 Å². The van der Waals surface area contributed by atoms with Crippen LogP contribution in [0.3, 0.4) is 0 Å². The highest BCUT2D eigenvalue weighted by atomic mass is 14.2. The first-order chi connectivity index (χ1) is 24.9. The fourth-order valence-electron chi connectivity index (χ4n) is 6.48. The van der Waals surface area contributed by atoms with Crippen molar-refractivity contribution < 1.29 is 0 Å². The molecule has 0 radical (unpaired) electrons. The van der Waals surface area contributed by atoms with Crippen molar-refractivity contribution >= 4 is 21.5 Å². The predicted molar refractivity (Wildman–Crippen MR) is 225 cm³/mol. The Morgan fingerprint density at radius 2 is 1.00 bits per heavy atom. The molecule has 0 saturated heterocycles. The molecule has 7 aromatic carbocycles. The van der Waals surface area contributed by atoms with Crippen LogP contribution in [-0.4, -0.2) is 0 Å². The van der Waals surface area contributed by atoms with Crippen molar-refractivity contribution in [1.82, 2.24) is 0 Å². The largest absolute Gasteiger partial charge is 0.0842 e. The van der Waals surface area contributed by atoms with Gasteiger partial charge in [0.2, 0.25) is 0 Å². The van der Waals surface area contributed by atoms with Crippen LogP contribution in [0.1, 0.15) is 66.8 Å². The highest BCUT2D eigenvalue weighted by molar-refractivity contribution is 5.87. The van der Waals surface area contributed by atoms with Crippen molar-refractivity contribution in [2.45, 2.75) is 59.8 Å². The summed E-state index contributed by atoms with van der Waals surface area (Å²) in [6, 6.07) is 58.2. The van der Waals surface area contributed by atoms with E-state index in [0.717, 1.165) is 6.42 Å². The molecule has 0 fully saturated rings. The van der Waals surface area contributed by atoms with E-state index in [0.29, 0.717) is 5.92 Å². The lowest BCUT2D eigenvalue weighted by Crippen LogP contribution is -2.00. The molecule has 0 bridgehead atoms. The summed E-state index contributed by atoms with van der Waals surface area (Å²) in [7, 11) is 0. The van der Waals surface area contributed by atoms with E-state index in [1.165, 1.54) is 78.9 Å². The zero-order valence-corrected chi connectivity index (χ0v) is 31.0. The first kappa shape index (κ1) is 36.8. The van der Waals surface area contributed by atoms with Crippen molar-refractivity contribution in [3.05, 3.63) is 215 Å². The minimum atomic E-state index is 0.479. The molecule has 1 atom stereocenters. The number of rotatable bonds is 4. The summed E-state index contributed by atoms with van der Waals surface area (Å²) in [4.78, 5) is 0. The molecule has 0 aromatic heterocycles. The number of hydrogen-bond acceptors (Lipinski definition) is 0. The van der Waals surface area contributed by atoms with E-state index in [9.17, 15) is 0 Å². The summed E-state index contributed by atoms with van der Waals surface area (Å²) in [5, 5.41) is 5.39. The van der Waals surface area contributed by atoms with E-state index in [1.54, 1.807) is 0 Å². The molecule has 256 valence electrons. The molecule has 0 N–H and O–H groups in total. The molecule has 8 rings (SSSR count). The van der Waals surface area contributed by atoms with Gasteiger partial charge < -0.3 is 0 Å². The lowest BCUT2D eigenvalue weighted by atomic mass is 9.86. The molecule has 0 nitrogen and oxygen atoms in total. The molecule has 51 heavy (non-hydrogen) atoms. The number of fused-ring (bicyclic) bond motifs is 2. The van der Waals surface area contributed by atoms with Crippen LogP contribution < -0.4 is 0 Å². The Hall–Kier alpha value is -5.46. The third kappa shape index (κ3) is 10.8. The van der Waals surface area contributed by atoms with Gasteiger partial charge in [-0.05, 0) is 96.3 Å². The van der Waals surface area contributed by atoms with Crippen LogP contribution in [0.4, 0.5) is 0 Å². The molecular formula is C51H52. The summed E-state index contributed by atoms with van der Waals surface area (Å²) in [6.45, 7) is 10.8. The molecular weight excluding hydrogens is 613 g/mol. The number of allylic oxidation sites excluding steroid dienone is 4. The monoisotopic (exact) mass is 664 g/mol. The lowest BCUT2D eigenvalue weighted by molar-refractivity contribution is 0.784. The first-order valence-electron chi connectivity index (χ1n) is 18.4. The zero-order chi connectivity index (χ0) is 35.8. The fraction of sp³-hybridized carbons (Fsp3) is 0.176. The Bertz CT molecular complexity index is 2090. The van der Waals surface area contributed by atoms with E-state index >= 15 is 0 Å². The molecule has 0 aliphatic heterocycles. The van der Waals surface area contributed by atoms with Crippen LogP contribution in [0, 0.1) is 20.8 Å². The molecule has 0 spiro atoms. The number of benzene rings is 7. The van der Waals surface area contributed by atoms with Crippen LogP contribution in [0.15, 0.2) is 188 Å². The maximum Gasteiger partial charge on any atom is 0.00928 e. The van der Waals surface area contributed by atoms with Gasteiger partial charge in [-0.25, -0.2) is 0 Å². The molecule has 0 saturated carbocycles. The van der Waals surface area contributed by atoms with Crippen LogP contribution in [0.25, 0.3) is 32.7 Å². The summed E-state index contributed by atoms with van der Waals surface area (Å²) in [5.41, 5.74) is 10.9. The molecule has 0 heteroatoms. The predicted octanol–water partition coefficient (Wildman–Crippen LogP) is 14.8. The smallest absolute Gasteiger partial charge is 0.00928 e. The first-order valence-corrected chi connectivity index (χ1v) is 18.4. The van der Waals surface area contributed by atoms with Gasteiger partial charge in [-0.15, -0.1) is 0 Å². The van der Waals surface area contributed by atoms with E-state index in [2.05, 4.69) is 217 Å². The normalized spacial score (nSPS) is 12.3. The molecule has 0 heterocycles. The standard InChI is InChI=1S/C19H18.C14H14.C11H10.C7H10/c1-2-17(15-9-4-3-5-10-15)19-14-8-12-16-11-6-7-13-18(16)19;1-11-3-7-13(8-4-11)14-9-5-12(2)6-10-14;1-9-5-4-7-10-6-2-3-8-11(9)10;1-7-5-3-2-4-6-7/h3-14,17H,2H2,1H3;3-10H,1-2H3;2-8H,1H3;2-3,5H,4,6H2,1H3. The maximum absolute atomic E-state index is 2.27. The summed E-state index contributed by atoms with van der Waals surface area (Å²) in [5.74, 6) is 0.479. The van der Waals surface area contributed by atoms with Gasteiger partial charge in [0.1, 0.15) is 0 Å². The highest BCUT2D eigenvalue weighted by Gasteiger charge is 2.14. The number of aryl methyl sites for hydroxylation is 3. The van der Waals surface area contributed by atoms with Crippen molar-refractivity contribution in [3.63, 3.8) is 0 Å². The van der Waals surface area contributed by atoms with Crippen LogP contribution in [0.2, 0.25) is 0 Å². The summed E-state index contributed by atoms with van der Waals surface area (Å²) >= 11 is 0. The Kier molecular flexibility index (Phi) is 13.8. The van der Waals surface area contributed by atoms with E-state index < -0.39 is 0 Å². The van der Waals surface area contributed by atoms with Gasteiger partial charge in [0.25, 0.3) is 0 Å². The summed E-state index contributed by atoms with van der Waals surface area (Å²) in [6.07, 6.45) is 10.1. The van der Waals surface area contributed by atoms with Gasteiger partial charge in [0.05, 0.1) is 0 Å². The minimum absolute atomic E-state index is 0.479. The van der Waals surface area contributed by atoms with Gasteiger partial charge >= 0.3 is 0 Å². The van der Waals surface area contributed by atoms with Crippen molar-refractivity contribution in [1.29, 1.82) is 0 Å². The van der Waals surface area contributed by atoms with Gasteiger partial charge in [-0.3, -0.25) is 0 Å². The molecule has 0 amide bonds. The maximum atomic E-state index is 2.27. The lowest BCUT2D eigenvalue weighted by Gasteiger charge is -2.18. The Balaban J connectivity index is 0.000000139. The van der Waals surface area contributed by atoms with E-state index in [4.69, 9.17) is 0 Å². The van der Waals surface area contributed by atoms with Crippen molar-refractivity contribution in [2.24, 2.45) is 0 Å². The second-order valence-corrected chi connectivity index (χ2v) is 13.4. The zero-order valence-electron chi connectivity index (χ0n) is 31.0. The Morgan fingerprint density at radius 3 is 1.51 bits per heavy atom. The Labute approximate surface area is 306 Å². The average Bonchev–Trinajstić information content (AvgIpc) is 3.18. The van der Waals surface area contributed by atoms with Crippen LogP contribution >= 0.6 is 0 Å². The molecule has 1 aliphatic carbocycles. The van der Waals surface area contributed by atoms with Gasteiger partial charge in [0.15, 0.2) is 0 Å². The highest BCUT2D eigenvalue weighted by Crippen LogP contribution is 2.33. The van der Waals surface area contributed by atoms with Gasteiger partial charge in [-0.2, -0.15) is 0 Å². The van der Waals surface area contributed by atoms with Crippen LogP contribution in [-0.2, 0) is 0 Å².